The highest BCUT2D eigenvalue weighted by atomic mass is 16.6. The minimum atomic E-state index is -0.356. The van der Waals surface area contributed by atoms with Gasteiger partial charge in [0.1, 0.15) is 0 Å². The number of nitrogens with zero attached hydrogens (tertiary/aromatic N) is 1. The molecule has 2 unspecified atom stereocenters. The van der Waals surface area contributed by atoms with Gasteiger partial charge in [-0.2, -0.15) is 0 Å². The van der Waals surface area contributed by atoms with E-state index in [0.717, 1.165) is 6.54 Å². The van der Waals surface area contributed by atoms with Crippen molar-refractivity contribution in [3.8, 4) is 0 Å². The van der Waals surface area contributed by atoms with Crippen LogP contribution >= 0.6 is 0 Å². The molecule has 1 fully saturated rings. The van der Waals surface area contributed by atoms with Gasteiger partial charge in [0.15, 0.2) is 6.23 Å². The first-order valence-corrected chi connectivity index (χ1v) is 4.07. The molecular formula is C9H15NO2. The first kappa shape index (κ1) is 9.26. The standard InChI is InChI=1S/C9H15NO2/c1-5-8(11)12-7(2)10-6-9(10,3)4/h5,7H,1,6H2,2-4H3. The van der Waals surface area contributed by atoms with Crippen molar-refractivity contribution >= 4 is 5.97 Å². The van der Waals surface area contributed by atoms with Gasteiger partial charge in [-0.3, -0.25) is 4.90 Å². The highest BCUT2D eigenvalue weighted by Crippen LogP contribution is 2.33. The van der Waals surface area contributed by atoms with Gasteiger partial charge >= 0.3 is 5.97 Å². The Morgan fingerprint density at radius 1 is 1.75 bits per heavy atom. The molecule has 2 atom stereocenters. The number of carbonyl (C=O) groups excluding carboxylic acids is 1. The molecular weight excluding hydrogens is 154 g/mol. The molecule has 0 aromatic carbocycles. The molecule has 0 aromatic rings. The van der Waals surface area contributed by atoms with Crippen LogP contribution < -0.4 is 0 Å². The molecule has 3 heteroatoms. The molecule has 0 N–H and O–H groups in total. The van der Waals surface area contributed by atoms with Gasteiger partial charge in [-0.1, -0.05) is 6.58 Å². The number of carbonyl (C=O) groups is 1. The minimum Gasteiger partial charge on any atom is -0.443 e. The molecule has 12 heavy (non-hydrogen) atoms. The fourth-order valence-corrected chi connectivity index (χ4v) is 1.28. The SMILES string of the molecule is C=CC(=O)OC(C)N1CC1(C)C. The Hall–Kier alpha value is -0.830. The third-order valence-corrected chi connectivity index (χ3v) is 2.12. The van der Waals surface area contributed by atoms with Crippen LogP contribution in [0.3, 0.4) is 0 Å². The molecule has 1 rings (SSSR count). The zero-order chi connectivity index (χ0) is 9.35. The van der Waals surface area contributed by atoms with Crippen LogP contribution in [0.25, 0.3) is 0 Å². The van der Waals surface area contributed by atoms with Gasteiger partial charge in [-0.25, -0.2) is 4.79 Å². The van der Waals surface area contributed by atoms with Crippen molar-refractivity contribution < 1.29 is 9.53 Å². The topological polar surface area (TPSA) is 29.3 Å². The number of hydrogen-bond acceptors (Lipinski definition) is 3. The number of rotatable bonds is 3. The van der Waals surface area contributed by atoms with E-state index in [-0.39, 0.29) is 17.7 Å². The van der Waals surface area contributed by atoms with Crippen LogP contribution in [-0.2, 0) is 9.53 Å². The van der Waals surface area contributed by atoms with Crippen LogP contribution in [0.5, 0.6) is 0 Å². The zero-order valence-electron chi connectivity index (χ0n) is 7.83. The van der Waals surface area contributed by atoms with Crippen molar-refractivity contribution in [2.24, 2.45) is 0 Å². The summed E-state index contributed by atoms with van der Waals surface area (Å²) >= 11 is 0. The van der Waals surface area contributed by atoms with Gasteiger partial charge in [-0.05, 0) is 20.8 Å². The molecule has 1 heterocycles. The second-order valence-electron chi connectivity index (χ2n) is 3.68. The Morgan fingerprint density at radius 2 is 2.25 bits per heavy atom. The maximum absolute atomic E-state index is 10.8. The van der Waals surface area contributed by atoms with E-state index in [1.807, 2.05) is 6.92 Å². The van der Waals surface area contributed by atoms with E-state index >= 15 is 0 Å². The zero-order valence-corrected chi connectivity index (χ0v) is 7.83. The molecule has 0 aromatic heterocycles. The Kier molecular flexibility index (Phi) is 2.24. The van der Waals surface area contributed by atoms with Crippen LogP contribution in [0.4, 0.5) is 0 Å². The van der Waals surface area contributed by atoms with E-state index in [2.05, 4.69) is 25.3 Å². The monoisotopic (exact) mass is 169 g/mol. The lowest BCUT2D eigenvalue weighted by Gasteiger charge is -2.15. The lowest BCUT2D eigenvalue weighted by atomic mass is 10.2. The summed E-state index contributed by atoms with van der Waals surface area (Å²) in [5.74, 6) is -0.356. The molecule has 1 aliphatic rings. The maximum atomic E-state index is 10.8. The van der Waals surface area contributed by atoms with Crippen molar-refractivity contribution in [1.29, 1.82) is 0 Å². The van der Waals surface area contributed by atoms with Crippen LogP contribution in [-0.4, -0.2) is 29.2 Å². The summed E-state index contributed by atoms with van der Waals surface area (Å²) in [6.45, 7) is 10.4. The summed E-state index contributed by atoms with van der Waals surface area (Å²) in [7, 11) is 0. The number of ether oxygens (including phenoxy) is 1. The second kappa shape index (κ2) is 2.90. The average molecular weight is 169 g/mol. The molecule has 0 spiro atoms. The summed E-state index contributed by atoms with van der Waals surface area (Å²) in [5.41, 5.74) is 0.195. The normalized spacial score (nSPS) is 27.4. The highest BCUT2D eigenvalue weighted by molar-refractivity contribution is 5.81. The third kappa shape index (κ3) is 1.85. The van der Waals surface area contributed by atoms with Gasteiger partial charge in [0, 0.05) is 18.2 Å². The van der Waals surface area contributed by atoms with Crippen LogP contribution in [0, 0.1) is 0 Å². The number of hydrogen-bond donors (Lipinski definition) is 0. The molecule has 0 amide bonds. The van der Waals surface area contributed by atoms with E-state index < -0.39 is 0 Å². The van der Waals surface area contributed by atoms with Crippen molar-refractivity contribution in [2.45, 2.75) is 32.5 Å². The lowest BCUT2D eigenvalue weighted by molar-refractivity contribution is -0.147. The van der Waals surface area contributed by atoms with Crippen molar-refractivity contribution in [3.05, 3.63) is 12.7 Å². The molecule has 0 saturated carbocycles. The summed E-state index contributed by atoms with van der Waals surface area (Å²) in [6.07, 6.45) is 1.05. The molecule has 1 aliphatic heterocycles. The van der Waals surface area contributed by atoms with Crippen molar-refractivity contribution in [1.82, 2.24) is 4.90 Å². The largest absolute Gasteiger partial charge is 0.443 e. The Labute approximate surface area is 73.0 Å². The van der Waals surface area contributed by atoms with Gasteiger partial charge in [-0.15, -0.1) is 0 Å². The first-order valence-electron chi connectivity index (χ1n) is 4.07. The quantitative estimate of drug-likeness (QED) is 0.360. The first-order chi connectivity index (χ1) is 5.47. The summed E-state index contributed by atoms with van der Waals surface area (Å²) in [6, 6.07) is 0. The Balaban J connectivity index is 2.36. The highest BCUT2D eigenvalue weighted by Gasteiger charge is 2.47. The summed E-state index contributed by atoms with van der Waals surface area (Å²) in [5, 5.41) is 0. The summed E-state index contributed by atoms with van der Waals surface area (Å²) < 4.78 is 5.03. The molecule has 1 saturated heterocycles. The predicted octanol–water partition coefficient (Wildman–Crippen LogP) is 1.16. The maximum Gasteiger partial charge on any atom is 0.331 e. The van der Waals surface area contributed by atoms with E-state index in [1.54, 1.807) is 0 Å². The molecule has 0 bridgehead atoms. The van der Waals surface area contributed by atoms with Crippen molar-refractivity contribution in [3.63, 3.8) is 0 Å². The van der Waals surface area contributed by atoms with E-state index in [9.17, 15) is 4.79 Å². The van der Waals surface area contributed by atoms with Crippen LogP contribution in [0.15, 0.2) is 12.7 Å². The smallest absolute Gasteiger partial charge is 0.331 e. The lowest BCUT2D eigenvalue weighted by Crippen LogP contribution is -2.25. The fraction of sp³-hybridized carbons (Fsp3) is 0.667. The van der Waals surface area contributed by atoms with Gasteiger partial charge in [0.05, 0.1) is 0 Å². The van der Waals surface area contributed by atoms with E-state index in [4.69, 9.17) is 4.74 Å². The van der Waals surface area contributed by atoms with Crippen LogP contribution in [0.1, 0.15) is 20.8 Å². The van der Waals surface area contributed by atoms with Crippen LogP contribution in [0.2, 0.25) is 0 Å². The molecule has 0 aliphatic carbocycles. The summed E-state index contributed by atoms with van der Waals surface area (Å²) in [4.78, 5) is 12.9. The second-order valence-corrected chi connectivity index (χ2v) is 3.68. The van der Waals surface area contributed by atoms with Crippen molar-refractivity contribution in [2.75, 3.05) is 6.54 Å². The molecule has 0 radical (unpaired) electrons. The molecule has 3 nitrogen and oxygen atoms in total. The number of esters is 1. The van der Waals surface area contributed by atoms with Gasteiger partial charge in [0.2, 0.25) is 0 Å². The minimum absolute atomic E-state index is 0.134. The predicted molar refractivity (Wildman–Crippen MR) is 46.5 cm³/mol. The van der Waals surface area contributed by atoms with E-state index in [1.165, 1.54) is 6.08 Å². The average Bonchev–Trinajstić information content (AvgIpc) is 2.59. The van der Waals surface area contributed by atoms with E-state index in [0.29, 0.717) is 0 Å². The fourth-order valence-electron chi connectivity index (χ4n) is 1.28. The third-order valence-electron chi connectivity index (χ3n) is 2.12. The Bertz CT molecular complexity index is 211. The van der Waals surface area contributed by atoms with Gasteiger partial charge < -0.3 is 4.74 Å². The Morgan fingerprint density at radius 3 is 2.58 bits per heavy atom. The van der Waals surface area contributed by atoms with Gasteiger partial charge in [0.25, 0.3) is 0 Å². The molecule has 68 valence electrons.